The van der Waals surface area contributed by atoms with Crippen LogP contribution in [0.5, 0.6) is 0 Å². The predicted octanol–water partition coefficient (Wildman–Crippen LogP) is 4.60. The maximum absolute atomic E-state index is 12.4. The van der Waals surface area contributed by atoms with E-state index in [4.69, 9.17) is 11.6 Å². The van der Waals surface area contributed by atoms with Crippen LogP contribution in [0.2, 0.25) is 5.02 Å². The van der Waals surface area contributed by atoms with Crippen molar-refractivity contribution in [2.24, 2.45) is 0 Å². The first-order valence-electron chi connectivity index (χ1n) is 6.81. The van der Waals surface area contributed by atoms with E-state index in [1.165, 1.54) is 11.3 Å². The van der Waals surface area contributed by atoms with E-state index in [0.717, 1.165) is 17.9 Å². The summed E-state index contributed by atoms with van der Waals surface area (Å²) < 4.78 is 0. The number of hydrogen-bond donors (Lipinski definition) is 2. The van der Waals surface area contributed by atoms with Crippen LogP contribution in [0.15, 0.2) is 23.6 Å². The van der Waals surface area contributed by atoms with Crippen molar-refractivity contribution in [1.82, 2.24) is 4.98 Å². The number of thiazole rings is 1. The Kier molecular flexibility index (Phi) is 5.20. The number of amides is 1. The second-order valence-corrected chi connectivity index (χ2v) is 6.20. The normalized spacial score (nSPS) is 10.7. The van der Waals surface area contributed by atoms with E-state index in [9.17, 15) is 4.79 Å². The quantitative estimate of drug-likeness (QED) is 0.845. The first-order valence-corrected chi connectivity index (χ1v) is 8.07. The summed E-state index contributed by atoms with van der Waals surface area (Å²) >= 11 is 7.42. The van der Waals surface area contributed by atoms with Gasteiger partial charge in [-0.15, -0.1) is 11.3 Å². The molecule has 2 aromatic rings. The van der Waals surface area contributed by atoms with Crippen molar-refractivity contribution in [2.75, 3.05) is 17.2 Å². The molecule has 0 spiro atoms. The Bertz CT molecular complexity index is 640. The van der Waals surface area contributed by atoms with E-state index in [0.29, 0.717) is 21.6 Å². The molecule has 21 heavy (non-hydrogen) atoms. The van der Waals surface area contributed by atoms with E-state index in [2.05, 4.69) is 29.5 Å². The number of halogens is 1. The molecular weight excluding hydrogens is 306 g/mol. The standard InChI is InChI=1S/C15H18ClN3OS/c1-4-17-12-6-5-10(16)7-11(12)14(20)19-15-18-13(8-21-15)9(2)3/h5-9,17H,4H2,1-3H3,(H,18,19,20). The molecule has 1 aromatic carbocycles. The number of rotatable bonds is 5. The Morgan fingerprint density at radius 2 is 2.19 bits per heavy atom. The van der Waals surface area contributed by atoms with Crippen LogP contribution in [0.3, 0.4) is 0 Å². The number of carbonyl (C=O) groups excluding carboxylic acids is 1. The van der Waals surface area contributed by atoms with Crippen molar-refractivity contribution in [3.05, 3.63) is 39.9 Å². The summed E-state index contributed by atoms with van der Waals surface area (Å²) in [5, 5.41) is 9.08. The zero-order chi connectivity index (χ0) is 15.4. The van der Waals surface area contributed by atoms with Crippen molar-refractivity contribution in [3.63, 3.8) is 0 Å². The second-order valence-electron chi connectivity index (χ2n) is 4.91. The number of nitrogens with zero attached hydrogens (tertiary/aromatic N) is 1. The van der Waals surface area contributed by atoms with Gasteiger partial charge in [-0.1, -0.05) is 25.4 Å². The van der Waals surface area contributed by atoms with Crippen LogP contribution in [0.4, 0.5) is 10.8 Å². The van der Waals surface area contributed by atoms with Crippen molar-refractivity contribution in [2.45, 2.75) is 26.7 Å². The Morgan fingerprint density at radius 3 is 2.81 bits per heavy atom. The SMILES string of the molecule is CCNc1ccc(Cl)cc1C(=O)Nc1nc(C(C)C)cs1. The fourth-order valence-electron chi connectivity index (χ4n) is 1.82. The molecular formula is C15H18ClN3OS. The van der Waals surface area contributed by atoms with Gasteiger partial charge < -0.3 is 5.32 Å². The molecule has 0 bridgehead atoms. The highest BCUT2D eigenvalue weighted by Crippen LogP contribution is 2.25. The lowest BCUT2D eigenvalue weighted by molar-refractivity contribution is 0.102. The van der Waals surface area contributed by atoms with Crippen molar-refractivity contribution in [1.29, 1.82) is 0 Å². The minimum absolute atomic E-state index is 0.210. The number of aromatic nitrogens is 1. The van der Waals surface area contributed by atoms with Gasteiger partial charge in [0.25, 0.3) is 5.91 Å². The molecule has 0 saturated heterocycles. The molecule has 0 saturated carbocycles. The highest BCUT2D eigenvalue weighted by Gasteiger charge is 2.14. The third-order valence-electron chi connectivity index (χ3n) is 2.93. The largest absolute Gasteiger partial charge is 0.385 e. The van der Waals surface area contributed by atoms with Gasteiger partial charge in [-0.2, -0.15) is 0 Å². The van der Waals surface area contributed by atoms with E-state index in [1.54, 1.807) is 12.1 Å². The van der Waals surface area contributed by atoms with Gasteiger partial charge in [-0.25, -0.2) is 4.98 Å². The summed E-state index contributed by atoms with van der Waals surface area (Å²) in [7, 11) is 0. The molecule has 112 valence electrons. The van der Waals surface area contributed by atoms with Crippen LogP contribution in [0.1, 0.15) is 42.7 Å². The summed E-state index contributed by atoms with van der Waals surface area (Å²) in [4.78, 5) is 16.8. The Labute approximate surface area is 133 Å². The van der Waals surface area contributed by atoms with Gasteiger partial charge >= 0.3 is 0 Å². The van der Waals surface area contributed by atoms with Gasteiger partial charge in [0, 0.05) is 22.6 Å². The highest BCUT2D eigenvalue weighted by atomic mass is 35.5. The first-order chi connectivity index (χ1) is 10.0. The van der Waals surface area contributed by atoms with Crippen LogP contribution >= 0.6 is 22.9 Å². The van der Waals surface area contributed by atoms with E-state index >= 15 is 0 Å². The third kappa shape index (κ3) is 3.95. The zero-order valence-corrected chi connectivity index (χ0v) is 13.8. The van der Waals surface area contributed by atoms with Gasteiger partial charge in [0.05, 0.1) is 11.3 Å². The number of anilines is 2. The van der Waals surface area contributed by atoms with E-state index < -0.39 is 0 Å². The fraction of sp³-hybridized carbons (Fsp3) is 0.333. The maximum atomic E-state index is 12.4. The first kappa shape index (κ1) is 15.8. The highest BCUT2D eigenvalue weighted by molar-refractivity contribution is 7.14. The lowest BCUT2D eigenvalue weighted by atomic mass is 10.1. The molecule has 0 radical (unpaired) electrons. The monoisotopic (exact) mass is 323 g/mol. The summed E-state index contributed by atoms with van der Waals surface area (Å²) in [5.74, 6) is 0.133. The Morgan fingerprint density at radius 1 is 1.43 bits per heavy atom. The Balaban J connectivity index is 2.21. The van der Waals surface area contributed by atoms with Crippen LogP contribution in [0.25, 0.3) is 0 Å². The average Bonchev–Trinajstić information content (AvgIpc) is 2.89. The summed E-state index contributed by atoms with van der Waals surface area (Å²) in [6.07, 6.45) is 0. The van der Waals surface area contributed by atoms with Crippen LogP contribution in [0, 0.1) is 0 Å². The zero-order valence-electron chi connectivity index (χ0n) is 12.2. The molecule has 0 aliphatic carbocycles. The van der Waals surface area contributed by atoms with Crippen LogP contribution < -0.4 is 10.6 Å². The third-order valence-corrected chi connectivity index (χ3v) is 3.94. The molecule has 2 rings (SSSR count). The minimum atomic E-state index is -0.210. The summed E-state index contributed by atoms with van der Waals surface area (Å²) in [5.41, 5.74) is 2.26. The molecule has 0 unspecified atom stereocenters. The van der Waals surface area contributed by atoms with Gasteiger partial charge in [0.1, 0.15) is 0 Å². The molecule has 2 N–H and O–H groups in total. The average molecular weight is 324 g/mol. The Hall–Kier alpha value is -1.59. The van der Waals surface area contributed by atoms with Crippen LogP contribution in [-0.4, -0.2) is 17.4 Å². The van der Waals surface area contributed by atoms with Gasteiger partial charge in [-0.05, 0) is 31.0 Å². The molecule has 6 heteroatoms. The topological polar surface area (TPSA) is 54.0 Å². The van der Waals surface area contributed by atoms with Crippen molar-refractivity contribution >= 4 is 39.7 Å². The smallest absolute Gasteiger partial charge is 0.259 e. The van der Waals surface area contributed by atoms with Gasteiger partial charge in [0.2, 0.25) is 0 Å². The molecule has 1 aromatic heterocycles. The molecule has 0 aliphatic rings. The number of carbonyl (C=O) groups is 1. The lowest BCUT2D eigenvalue weighted by Gasteiger charge is -2.10. The predicted molar refractivity (Wildman–Crippen MR) is 89.8 cm³/mol. The molecule has 0 atom stereocenters. The van der Waals surface area contributed by atoms with Crippen LogP contribution in [-0.2, 0) is 0 Å². The summed E-state index contributed by atoms with van der Waals surface area (Å²) in [6.45, 7) is 6.85. The van der Waals surface area contributed by atoms with E-state index in [1.807, 2.05) is 18.4 Å². The fourth-order valence-corrected chi connectivity index (χ4v) is 2.86. The number of nitrogens with one attached hydrogen (secondary N) is 2. The molecule has 0 fully saturated rings. The second kappa shape index (κ2) is 6.91. The molecule has 1 amide bonds. The number of hydrogen-bond acceptors (Lipinski definition) is 4. The van der Waals surface area contributed by atoms with Crippen molar-refractivity contribution in [3.8, 4) is 0 Å². The molecule has 4 nitrogen and oxygen atoms in total. The van der Waals surface area contributed by atoms with Gasteiger partial charge in [0.15, 0.2) is 5.13 Å². The molecule has 1 heterocycles. The molecule has 0 aliphatic heterocycles. The summed E-state index contributed by atoms with van der Waals surface area (Å²) in [6, 6.07) is 5.23. The number of benzene rings is 1. The minimum Gasteiger partial charge on any atom is -0.385 e. The maximum Gasteiger partial charge on any atom is 0.259 e. The lowest BCUT2D eigenvalue weighted by Crippen LogP contribution is -2.14. The van der Waals surface area contributed by atoms with Crippen molar-refractivity contribution < 1.29 is 4.79 Å². The van der Waals surface area contributed by atoms with Gasteiger partial charge in [-0.3, -0.25) is 10.1 Å². The van der Waals surface area contributed by atoms with E-state index in [-0.39, 0.29) is 5.91 Å².